The van der Waals surface area contributed by atoms with Crippen LogP contribution < -0.4 is 10.5 Å². The highest BCUT2D eigenvalue weighted by molar-refractivity contribution is 6.05. The Hall–Kier alpha value is -3.59. The lowest BCUT2D eigenvalue weighted by molar-refractivity contribution is 0.199. The number of pyridine rings is 1. The monoisotopic (exact) mass is 478 g/mol. The zero-order valence-corrected chi connectivity index (χ0v) is 20.3. The Morgan fingerprint density at radius 3 is 2.71 bits per heavy atom. The van der Waals surface area contributed by atoms with E-state index in [0.29, 0.717) is 47.3 Å². The van der Waals surface area contributed by atoms with Crippen molar-refractivity contribution < 1.29 is 14.2 Å². The summed E-state index contributed by atoms with van der Waals surface area (Å²) in [5.74, 6) is 0.381. The predicted octanol–water partition coefficient (Wildman–Crippen LogP) is 4.53. The molecule has 0 bridgehead atoms. The first kappa shape index (κ1) is 24.5. The fourth-order valence-electron chi connectivity index (χ4n) is 4.51. The Morgan fingerprint density at radius 1 is 1.26 bits per heavy atom. The summed E-state index contributed by atoms with van der Waals surface area (Å²) in [5.41, 5.74) is 10.7. The minimum atomic E-state index is -0.458. The SMILES string of the molecule is CCOc1ccc(N=C(C)c2c(C)nnc(C3CCN(Cc4ncccc4O)CC3)c2N)c(F)c1. The van der Waals surface area contributed by atoms with Gasteiger partial charge in [-0.15, -0.1) is 0 Å². The molecule has 9 heteroatoms. The van der Waals surface area contributed by atoms with Gasteiger partial charge in [-0.1, -0.05) is 0 Å². The number of aromatic nitrogens is 3. The summed E-state index contributed by atoms with van der Waals surface area (Å²) in [6.07, 6.45) is 3.41. The molecule has 0 spiro atoms. The minimum absolute atomic E-state index is 0.158. The number of nitrogens with two attached hydrogens (primary N) is 1. The van der Waals surface area contributed by atoms with Gasteiger partial charge in [0.05, 0.1) is 35.1 Å². The molecule has 0 aliphatic carbocycles. The average Bonchev–Trinajstić information content (AvgIpc) is 2.83. The van der Waals surface area contributed by atoms with Gasteiger partial charge in [0.15, 0.2) is 5.82 Å². The Balaban J connectivity index is 1.51. The van der Waals surface area contributed by atoms with Gasteiger partial charge in [0, 0.05) is 36.0 Å². The summed E-state index contributed by atoms with van der Waals surface area (Å²) in [6.45, 7) is 8.21. The second kappa shape index (κ2) is 10.8. The molecule has 0 unspecified atom stereocenters. The van der Waals surface area contributed by atoms with Crippen LogP contribution in [0.5, 0.6) is 11.5 Å². The van der Waals surface area contributed by atoms with Crippen LogP contribution in [0.4, 0.5) is 15.8 Å². The maximum Gasteiger partial charge on any atom is 0.152 e. The molecule has 4 rings (SSSR count). The van der Waals surface area contributed by atoms with Crippen molar-refractivity contribution in [3.63, 3.8) is 0 Å². The van der Waals surface area contributed by atoms with Gasteiger partial charge in [-0.2, -0.15) is 10.2 Å². The highest BCUT2D eigenvalue weighted by Crippen LogP contribution is 2.34. The van der Waals surface area contributed by atoms with Gasteiger partial charge in [0.2, 0.25) is 0 Å². The first-order valence-electron chi connectivity index (χ1n) is 11.8. The Labute approximate surface area is 204 Å². The van der Waals surface area contributed by atoms with Gasteiger partial charge in [-0.3, -0.25) is 9.88 Å². The minimum Gasteiger partial charge on any atom is -0.506 e. The number of piperidine rings is 1. The number of ether oxygens (including phenoxy) is 1. The largest absolute Gasteiger partial charge is 0.506 e. The summed E-state index contributed by atoms with van der Waals surface area (Å²) < 4.78 is 19.9. The second-order valence-corrected chi connectivity index (χ2v) is 8.72. The number of hydrogen-bond donors (Lipinski definition) is 2. The van der Waals surface area contributed by atoms with Gasteiger partial charge in [-0.25, -0.2) is 9.38 Å². The zero-order chi connectivity index (χ0) is 24.9. The molecular formula is C26H31FN6O2. The van der Waals surface area contributed by atoms with Crippen LogP contribution in [0.25, 0.3) is 0 Å². The van der Waals surface area contributed by atoms with Crippen LogP contribution in [0, 0.1) is 12.7 Å². The van der Waals surface area contributed by atoms with Gasteiger partial charge in [-0.05, 0) is 71.0 Å². The molecule has 35 heavy (non-hydrogen) atoms. The molecule has 0 saturated carbocycles. The van der Waals surface area contributed by atoms with Crippen LogP contribution in [0.15, 0.2) is 41.5 Å². The molecule has 184 valence electrons. The molecule has 1 aliphatic heterocycles. The highest BCUT2D eigenvalue weighted by Gasteiger charge is 2.26. The molecule has 0 amide bonds. The quantitative estimate of drug-likeness (QED) is 0.480. The average molecular weight is 479 g/mol. The van der Waals surface area contributed by atoms with Crippen LogP contribution >= 0.6 is 0 Å². The molecule has 1 saturated heterocycles. The Bertz CT molecular complexity index is 1220. The molecule has 3 aromatic rings. The van der Waals surface area contributed by atoms with Crippen molar-refractivity contribution in [2.75, 3.05) is 25.4 Å². The molecule has 0 radical (unpaired) electrons. The number of rotatable bonds is 7. The first-order chi connectivity index (χ1) is 16.9. The van der Waals surface area contributed by atoms with Gasteiger partial charge in [0.25, 0.3) is 0 Å². The summed E-state index contributed by atoms with van der Waals surface area (Å²) in [7, 11) is 0. The van der Waals surface area contributed by atoms with Crippen LogP contribution in [-0.4, -0.2) is 50.6 Å². The lowest BCUT2D eigenvalue weighted by Crippen LogP contribution is -2.33. The highest BCUT2D eigenvalue weighted by atomic mass is 19.1. The number of aliphatic imine (C=N–C) groups is 1. The number of benzene rings is 1. The molecule has 0 atom stereocenters. The van der Waals surface area contributed by atoms with E-state index in [1.807, 2.05) is 20.8 Å². The molecule has 3 N–H and O–H groups in total. The fraction of sp³-hybridized carbons (Fsp3) is 0.385. The van der Waals surface area contributed by atoms with E-state index in [4.69, 9.17) is 10.5 Å². The van der Waals surface area contributed by atoms with Crippen molar-refractivity contribution >= 4 is 17.1 Å². The standard InChI is InChI=1S/C26H31FN6O2/c1-4-35-19-7-8-21(20(27)14-19)30-16(2)24-17(3)31-32-26(25(24)28)18-9-12-33(13-10-18)15-22-23(34)6-5-11-29-22/h5-8,11,14,18,34H,4,9-10,12-13,15H2,1-3H3,(H2,28,31). The van der Waals surface area contributed by atoms with Crippen LogP contribution in [0.2, 0.25) is 0 Å². The number of aryl methyl sites for hydroxylation is 1. The maximum atomic E-state index is 14.6. The first-order valence-corrected chi connectivity index (χ1v) is 11.8. The normalized spacial score (nSPS) is 15.4. The van der Waals surface area contributed by atoms with E-state index >= 15 is 0 Å². The summed E-state index contributed by atoms with van der Waals surface area (Å²) in [5, 5.41) is 18.8. The van der Waals surface area contributed by atoms with Crippen molar-refractivity contribution in [3.05, 3.63) is 65.0 Å². The molecule has 1 fully saturated rings. The number of aromatic hydroxyl groups is 1. The zero-order valence-electron chi connectivity index (χ0n) is 20.3. The van der Waals surface area contributed by atoms with E-state index in [1.54, 1.807) is 30.5 Å². The number of hydrogen-bond acceptors (Lipinski definition) is 8. The predicted molar refractivity (Wildman–Crippen MR) is 134 cm³/mol. The topological polar surface area (TPSA) is 110 Å². The van der Waals surface area contributed by atoms with Crippen molar-refractivity contribution in [3.8, 4) is 11.5 Å². The molecule has 3 heterocycles. The van der Waals surface area contributed by atoms with Gasteiger partial charge >= 0.3 is 0 Å². The molecule has 1 aromatic carbocycles. The number of halogens is 1. The van der Waals surface area contributed by atoms with Crippen molar-refractivity contribution in [2.24, 2.45) is 4.99 Å². The lowest BCUT2D eigenvalue weighted by atomic mass is 9.90. The number of nitrogens with zero attached hydrogens (tertiary/aromatic N) is 5. The molecule has 1 aliphatic rings. The third kappa shape index (κ3) is 5.57. The van der Waals surface area contributed by atoms with E-state index in [1.165, 1.54) is 6.07 Å². The second-order valence-electron chi connectivity index (χ2n) is 8.72. The van der Waals surface area contributed by atoms with E-state index in [2.05, 4.69) is 25.1 Å². The summed E-state index contributed by atoms with van der Waals surface area (Å²) in [6, 6.07) is 8.00. The smallest absolute Gasteiger partial charge is 0.152 e. The maximum absolute atomic E-state index is 14.6. The Morgan fingerprint density at radius 2 is 2.03 bits per heavy atom. The van der Waals surface area contributed by atoms with Gasteiger partial charge < -0.3 is 15.6 Å². The van der Waals surface area contributed by atoms with Crippen LogP contribution in [0.1, 0.15) is 55.3 Å². The number of nitrogen functional groups attached to an aromatic ring is 1. The lowest BCUT2D eigenvalue weighted by Gasteiger charge is -2.32. The van der Waals surface area contributed by atoms with E-state index in [-0.39, 0.29) is 17.4 Å². The van der Waals surface area contributed by atoms with E-state index < -0.39 is 5.82 Å². The molecule has 8 nitrogen and oxygen atoms in total. The van der Waals surface area contributed by atoms with Crippen molar-refractivity contribution in [1.29, 1.82) is 0 Å². The van der Waals surface area contributed by atoms with Crippen LogP contribution in [-0.2, 0) is 6.54 Å². The fourth-order valence-corrected chi connectivity index (χ4v) is 4.51. The number of anilines is 1. The van der Waals surface area contributed by atoms with E-state index in [9.17, 15) is 9.50 Å². The summed E-state index contributed by atoms with van der Waals surface area (Å²) >= 11 is 0. The third-order valence-corrected chi connectivity index (χ3v) is 6.31. The summed E-state index contributed by atoms with van der Waals surface area (Å²) in [4.78, 5) is 11.0. The Kier molecular flexibility index (Phi) is 7.55. The molecule has 2 aromatic heterocycles. The van der Waals surface area contributed by atoms with Crippen molar-refractivity contribution in [2.45, 2.75) is 46.1 Å². The third-order valence-electron chi connectivity index (χ3n) is 6.31. The van der Waals surface area contributed by atoms with Crippen molar-refractivity contribution in [1.82, 2.24) is 20.1 Å². The van der Waals surface area contributed by atoms with Crippen LogP contribution in [0.3, 0.4) is 0 Å². The molecular weight excluding hydrogens is 447 g/mol. The number of likely N-dealkylation sites (tertiary alicyclic amines) is 1. The van der Waals surface area contributed by atoms with Gasteiger partial charge in [0.1, 0.15) is 11.5 Å². The van der Waals surface area contributed by atoms with E-state index in [0.717, 1.165) is 31.6 Å².